The van der Waals surface area contributed by atoms with Gasteiger partial charge in [0.05, 0.1) is 24.0 Å². The lowest BCUT2D eigenvalue weighted by atomic mass is 9.73. The van der Waals surface area contributed by atoms with Gasteiger partial charge in [-0.25, -0.2) is 4.39 Å². The molecule has 1 aliphatic heterocycles. The Labute approximate surface area is 176 Å². The molecule has 0 spiro atoms. The number of nitrogens with one attached hydrogen (secondary N) is 2. The number of benzene rings is 2. The van der Waals surface area contributed by atoms with E-state index in [4.69, 9.17) is 0 Å². The molecule has 0 fully saturated rings. The third-order valence-electron chi connectivity index (χ3n) is 5.78. The van der Waals surface area contributed by atoms with E-state index in [9.17, 15) is 14.0 Å². The van der Waals surface area contributed by atoms with Crippen molar-refractivity contribution < 1.29 is 14.0 Å². The third-order valence-corrected chi connectivity index (χ3v) is 5.78. The molecule has 2 N–H and O–H groups in total. The first kappa shape index (κ1) is 20.1. The molecule has 2 aromatic rings. The van der Waals surface area contributed by atoms with Crippen molar-refractivity contribution in [2.45, 2.75) is 32.7 Å². The van der Waals surface area contributed by atoms with Crippen LogP contribution in [0.15, 0.2) is 59.8 Å². The number of anilines is 2. The lowest BCUT2D eigenvalue weighted by Crippen LogP contribution is -2.41. The lowest BCUT2D eigenvalue weighted by molar-refractivity contribution is -0.120. The maximum atomic E-state index is 13.7. The number of hydrogen-bond donors (Lipinski definition) is 2. The Morgan fingerprint density at radius 1 is 1.17 bits per heavy atom. The van der Waals surface area contributed by atoms with Crippen LogP contribution in [0.25, 0.3) is 0 Å². The first-order valence-corrected chi connectivity index (χ1v) is 10.1. The van der Waals surface area contributed by atoms with Crippen molar-refractivity contribution in [3.63, 3.8) is 0 Å². The second kappa shape index (κ2) is 7.59. The maximum Gasteiger partial charge on any atom is 0.239 e. The minimum Gasteiger partial charge on any atom is -0.358 e. The molecule has 0 radical (unpaired) electrons. The van der Waals surface area contributed by atoms with Crippen LogP contribution in [0.3, 0.4) is 0 Å². The topological polar surface area (TPSA) is 61.4 Å². The summed E-state index contributed by atoms with van der Waals surface area (Å²) in [5, 5.41) is 6.17. The van der Waals surface area contributed by atoms with Crippen LogP contribution in [0, 0.1) is 11.2 Å². The van der Waals surface area contributed by atoms with Crippen molar-refractivity contribution in [1.82, 2.24) is 5.32 Å². The maximum absolute atomic E-state index is 13.7. The van der Waals surface area contributed by atoms with Gasteiger partial charge < -0.3 is 15.5 Å². The van der Waals surface area contributed by atoms with Crippen LogP contribution in [0.2, 0.25) is 0 Å². The highest BCUT2D eigenvalue weighted by molar-refractivity contribution is 6.01. The normalized spacial score (nSPS) is 20.1. The van der Waals surface area contributed by atoms with E-state index in [0.29, 0.717) is 18.4 Å². The van der Waals surface area contributed by atoms with Gasteiger partial charge in [-0.05, 0) is 41.7 Å². The molecule has 1 heterocycles. The van der Waals surface area contributed by atoms with Crippen LogP contribution in [-0.2, 0) is 9.59 Å². The van der Waals surface area contributed by atoms with Crippen LogP contribution in [0.1, 0.15) is 38.3 Å². The number of nitrogens with zero attached hydrogens (tertiary/aromatic N) is 1. The van der Waals surface area contributed by atoms with E-state index in [0.717, 1.165) is 22.6 Å². The molecule has 6 heteroatoms. The number of Topliss-reactive ketones (excluding diaryl/α,β-unsaturated/α-hetero) is 1. The van der Waals surface area contributed by atoms with Gasteiger partial charge in [-0.2, -0.15) is 0 Å². The Kier molecular flexibility index (Phi) is 5.10. The molecule has 156 valence electrons. The number of likely N-dealkylation sites (N-methyl/N-ethyl adjacent to an activating group) is 1. The molecule has 4 rings (SSSR count). The van der Waals surface area contributed by atoms with Gasteiger partial charge in [0.25, 0.3) is 0 Å². The minimum absolute atomic E-state index is 0.0535. The molecule has 0 saturated heterocycles. The fraction of sp³-hybridized carbons (Fsp3) is 0.333. The summed E-state index contributed by atoms with van der Waals surface area (Å²) < 4.78 is 13.7. The molecule has 2 aliphatic rings. The van der Waals surface area contributed by atoms with Crippen LogP contribution < -0.4 is 15.5 Å². The molecule has 2 aromatic carbocycles. The molecule has 0 bridgehead atoms. The van der Waals surface area contributed by atoms with Crippen molar-refractivity contribution in [2.24, 2.45) is 5.41 Å². The van der Waals surface area contributed by atoms with Gasteiger partial charge in [0.2, 0.25) is 5.91 Å². The Bertz CT molecular complexity index is 1030. The molecule has 1 aliphatic carbocycles. The highest BCUT2D eigenvalue weighted by atomic mass is 19.1. The quantitative estimate of drug-likeness (QED) is 0.801. The van der Waals surface area contributed by atoms with Gasteiger partial charge >= 0.3 is 0 Å². The predicted octanol–water partition coefficient (Wildman–Crippen LogP) is 4.19. The van der Waals surface area contributed by atoms with Gasteiger partial charge in [-0.1, -0.05) is 38.1 Å². The number of rotatable bonds is 3. The number of amides is 1. The fourth-order valence-corrected chi connectivity index (χ4v) is 4.45. The van der Waals surface area contributed by atoms with Crippen LogP contribution in [0.4, 0.5) is 15.8 Å². The molecular formula is C24H26FN3O2. The summed E-state index contributed by atoms with van der Waals surface area (Å²) in [5.41, 5.74) is 3.82. The average molecular weight is 407 g/mol. The molecule has 0 saturated carbocycles. The molecular weight excluding hydrogens is 381 g/mol. The minimum atomic E-state index is -0.488. The van der Waals surface area contributed by atoms with Crippen LogP contribution in [-0.4, -0.2) is 25.3 Å². The summed E-state index contributed by atoms with van der Waals surface area (Å²) >= 11 is 0. The average Bonchev–Trinajstić information content (AvgIpc) is 2.82. The Morgan fingerprint density at radius 3 is 2.57 bits per heavy atom. The van der Waals surface area contributed by atoms with E-state index in [1.54, 1.807) is 19.2 Å². The van der Waals surface area contributed by atoms with Crippen molar-refractivity contribution in [3.05, 3.63) is 71.2 Å². The standard InChI is InChI=1S/C24H26FN3O2/c1-24(2)12-18-22(20(29)13-24)23(15-8-10-16(25)11-9-15)28(14-21(30)26-3)19-7-5-4-6-17(19)27-18/h4-11,23,27H,12-14H2,1-3H3,(H,26,30)/t23-/m0/s1. The smallest absolute Gasteiger partial charge is 0.239 e. The van der Waals surface area contributed by atoms with Crippen molar-refractivity contribution in [3.8, 4) is 0 Å². The molecule has 5 nitrogen and oxygen atoms in total. The van der Waals surface area contributed by atoms with Crippen molar-refractivity contribution in [1.29, 1.82) is 0 Å². The Hall–Kier alpha value is -3.15. The van der Waals surface area contributed by atoms with E-state index < -0.39 is 6.04 Å². The summed E-state index contributed by atoms with van der Waals surface area (Å²) in [4.78, 5) is 27.8. The van der Waals surface area contributed by atoms with Gasteiger partial charge in [-0.3, -0.25) is 9.59 Å². The second-order valence-electron chi connectivity index (χ2n) is 8.73. The Morgan fingerprint density at radius 2 is 1.87 bits per heavy atom. The number of fused-ring (bicyclic) bond motifs is 1. The molecule has 1 atom stereocenters. The van der Waals surface area contributed by atoms with E-state index in [1.165, 1.54) is 12.1 Å². The predicted molar refractivity (Wildman–Crippen MR) is 116 cm³/mol. The molecule has 30 heavy (non-hydrogen) atoms. The molecule has 0 unspecified atom stereocenters. The second-order valence-corrected chi connectivity index (χ2v) is 8.73. The van der Waals surface area contributed by atoms with Gasteiger partial charge in [-0.15, -0.1) is 0 Å². The van der Waals surface area contributed by atoms with E-state index >= 15 is 0 Å². The van der Waals surface area contributed by atoms with Crippen molar-refractivity contribution >= 4 is 23.1 Å². The summed E-state index contributed by atoms with van der Waals surface area (Å²) in [6.07, 6.45) is 1.14. The monoisotopic (exact) mass is 407 g/mol. The SMILES string of the molecule is CNC(=O)CN1c2ccccc2NC2=C(C(=O)CC(C)(C)C2)[C@@H]1c1ccc(F)cc1. The van der Waals surface area contributed by atoms with E-state index in [-0.39, 0.29) is 29.5 Å². The number of para-hydroxylation sites is 2. The van der Waals surface area contributed by atoms with Crippen LogP contribution >= 0.6 is 0 Å². The van der Waals surface area contributed by atoms with E-state index in [1.807, 2.05) is 29.2 Å². The highest BCUT2D eigenvalue weighted by Crippen LogP contribution is 2.48. The highest BCUT2D eigenvalue weighted by Gasteiger charge is 2.41. The number of halogens is 1. The number of carbonyl (C=O) groups excluding carboxylic acids is 2. The lowest BCUT2D eigenvalue weighted by Gasteiger charge is -2.37. The van der Waals surface area contributed by atoms with Gasteiger partial charge in [0.1, 0.15) is 5.82 Å². The van der Waals surface area contributed by atoms with E-state index in [2.05, 4.69) is 24.5 Å². The summed E-state index contributed by atoms with van der Waals surface area (Å²) in [7, 11) is 1.59. The molecule has 1 amide bonds. The van der Waals surface area contributed by atoms with Gasteiger partial charge in [0, 0.05) is 24.7 Å². The van der Waals surface area contributed by atoms with Crippen molar-refractivity contribution in [2.75, 3.05) is 23.8 Å². The number of carbonyl (C=O) groups is 2. The largest absolute Gasteiger partial charge is 0.358 e. The summed E-state index contributed by atoms with van der Waals surface area (Å²) in [6.45, 7) is 4.25. The zero-order chi connectivity index (χ0) is 21.5. The number of ketones is 1. The number of allylic oxidation sites excluding steroid dienone is 1. The number of hydrogen-bond acceptors (Lipinski definition) is 4. The first-order valence-electron chi connectivity index (χ1n) is 10.1. The molecule has 0 aromatic heterocycles. The summed E-state index contributed by atoms with van der Waals surface area (Å²) in [6, 6.07) is 13.4. The fourth-order valence-electron chi connectivity index (χ4n) is 4.45. The Balaban J connectivity index is 1.96. The summed E-state index contributed by atoms with van der Waals surface area (Å²) in [5.74, 6) is -0.448. The zero-order valence-electron chi connectivity index (χ0n) is 17.5. The zero-order valence-corrected chi connectivity index (χ0v) is 17.5. The first-order chi connectivity index (χ1) is 14.3. The third kappa shape index (κ3) is 3.70. The van der Waals surface area contributed by atoms with Gasteiger partial charge in [0.15, 0.2) is 5.78 Å². The van der Waals surface area contributed by atoms with Crippen LogP contribution in [0.5, 0.6) is 0 Å².